The normalized spacial score (nSPS) is 12.8. The molecule has 0 aliphatic rings. The Labute approximate surface area is 191 Å². The van der Waals surface area contributed by atoms with Crippen molar-refractivity contribution in [2.45, 2.75) is 55.6 Å². The van der Waals surface area contributed by atoms with Crippen molar-refractivity contribution < 1.29 is 23.1 Å². The van der Waals surface area contributed by atoms with Gasteiger partial charge in [-0.05, 0) is 24.6 Å². The van der Waals surface area contributed by atoms with Crippen molar-refractivity contribution >= 4 is 51.9 Å². The fourth-order valence-corrected chi connectivity index (χ4v) is 4.18. The van der Waals surface area contributed by atoms with E-state index in [0.29, 0.717) is 12.1 Å². The number of hydrogen-bond donors (Lipinski definition) is 3. The van der Waals surface area contributed by atoms with Gasteiger partial charge in [0.1, 0.15) is 16.2 Å². The van der Waals surface area contributed by atoms with E-state index in [9.17, 15) is 23.1 Å². The number of halogens is 4. The highest BCUT2D eigenvalue weighted by molar-refractivity contribution is 8.00. The molecule has 1 atom stereocenters. The largest absolute Gasteiger partial charge is 0.480 e. The molecule has 1 aromatic carbocycles. The Kier molecular flexibility index (Phi) is 7.83. The standard InChI is InChI=1S/C20H21ClF3N5O2S/c1-2-3-4-5-6-14(17(30)31)32-19-28-15(21)10-16(29-19)25-11-7-8-12-13(9-11)27-18(26-12)20(22,23)24/h7-10,14H,2-6H2,1H3,(H,26,27)(H,30,31)(H,25,28,29). The summed E-state index contributed by atoms with van der Waals surface area (Å²) in [5, 5.41) is 12.1. The van der Waals surface area contributed by atoms with Crippen LogP contribution in [-0.2, 0) is 11.0 Å². The Morgan fingerprint density at radius 3 is 2.69 bits per heavy atom. The van der Waals surface area contributed by atoms with E-state index in [4.69, 9.17) is 11.6 Å². The van der Waals surface area contributed by atoms with E-state index in [1.54, 1.807) is 6.07 Å². The maximum absolute atomic E-state index is 12.9. The predicted octanol–water partition coefficient (Wildman–Crippen LogP) is 6.28. The first-order chi connectivity index (χ1) is 15.2. The molecule has 3 N–H and O–H groups in total. The van der Waals surface area contributed by atoms with E-state index in [1.165, 1.54) is 18.2 Å². The number of thioether (sulfide) groups is 1. The first-order valence-corrected chi connectivity index (χ1v) is 11.2. The number of nitrogens with one attached hydrogen (secondary N) is 2. The summed E-state index contributed by atoms with van der Waals surface area (Å²) in [6, 6.07) is 5.91. The third-order valence-corrected chi connectivity index (χ3v) is 5.85. The fourth-order valence-electron chi connectivity index (χ4n) is 3.00. The van der Waals surface area contributed by atoms with Crippen molar-refractivity contribution in [3.8, 4) is 0 Å². The zero-order chi connectivity index (χ0) is 23.3. The van der Waals surface area contributed by atoms with Gasteiger partial charge in [-0.25, -0.2) is 15.0 Å². The lowest BCUT2D eigenvalue weighted by molar-refractivity contribution is -0.144. The van der Waals surface area contributed by atoms with E-state index in [-0.39, 0.29) is 27.2 Å². The highest BCUT2D eigenvalue weighted by atomic mass is 35.5. The van der Waals surface area contributed by atoms with Crippen molar-refractivity contribution in [3.63, 3.8) is 0 Å². The van der Waals surface area contributed by atoms with Crippen LogP contribution in [0.2, 0.25) is 5.15 Å². The summed E-state index contributed by atoms with van der Waals surface area (Å²) in [4.78, 5) is 25.8. The van der Waals surface area contributed by atoms with E-state index in [2.05, 4.69) is 32.2 Å². The minimum Gasteiger partial charge on any atom is -0.480 e. The molecule has 7 nitrogen and oxygen atoms in total. The van der Waals surface area contributed by atoms with Crippen LogP contribution in [0.5, 0.6) is 0 Å². The lowest BCUT2D eigenvalue weighted by atomic mass is 10.1. The highest BCUT2D eigenvalue weighted by Crippen LogP contribution is 2.31. The Morgan fingerprint density at radius 1 is 1.22 bits per heavy atom. The van der Waals surface area contributed by atoms with Crippen LogP contribution in [0.1, 0.15) is 44.9 Å². The van der Waals surface area contributed by atoms with Crippen LogP contribution in [-0.4, -0.2) is 36.3 Å². The number of aromatic nitrogens is 4. The van der Waals surface area contributed by atoms with E-state index in [0.717, 1.165) is 37.4 Å². The average molecular weight is 488 g/mol. The van der Waals surface area contributed by atoms with Crippen molar-refractivity contribution in [2.75, 3.05) is 5.32 Å². The van der Waals surface area contributed by atoms with Gasteiger partial charge in [-0.1, -0.05) is 56.0 Å². The summed E-state index contributed by atoms with van der Waals surface area (Å²) in [7, 11) is 0. The summed E-state index contributed by atoms with van der Waals surface area (Å²) in [6.45, 7) is 2.08. The van der Waals surface area contributed by atoms with Crippen molar-refractivity contribution in [3.05, 3.63) is 35.2 Å². The molecule has 0 saturated heterocycles. The van der Waals surface area contributed by atoms with Crippen molar-refractivity contribution in [1.82, 2.24) is 19.9 Å². The molecule has 0 spiro atoms. The van der Waals surface area contributed by atoms with Gasteiger partial charge < -0.3 is 15.4 Å². The maximum atomic E-state index is 12.9. The molecule has 2 aromatic heterocycles. The summed E-state index contributed by atoms with van der Waals surface area (Å²) in [5.41, 5.74) is 0.831. The van der Waals surface area contributed by atoms with Crippen LogP contribution in [0.25, 0.3) is 11.0 Å². The molecule has 0 saturated carbocycles. The van der Waals surface area contributed by atoms with Gasteiger partial charge in [-0.15, -0.1) is 0 Å². The van der Waals surface area contributed by atoms with Crippen LogP contribution >= 0.6 is 23.4 Å². The minimum atomic E-state index is -4.57. The number of unbranched alkanes of at least 4 members (excludes halogenated alkanes) is 3. The van der Waals surface area contributed by atoms with Crippen molar-refractivity contribution in [1.29, 1.82) is 0 Å². The van der Waals surface area contributed by atoms with Crippen LogP contribution in [0, 0.1) is 0 Å². The van der Waals surface area contributed by atoms with Crippen LogP contribution in [0.3, 0.4) is 0 Å². The van der Waals surface area contributed by atoms with E-state index >= 15 is 0 Å². The maximum Gasteiger partial charge on any atom is 0.449 e. The van der Waals surface area contributed by atoms with Gasteiger partial charge in [0.25, 0.3) is 0 Å². The molecule has 0 radical (unpaired) electrons. The van der Waals surface area contributed by atoms with E-state index < -0.39 is 23.2 Å². The number of carboxylic acid groups (broad SMARTS) is 1. The number of fused-ring (bicyclic) bond motifs is 1. The minimum absolute atomic E-state index is 0.113. The number of alkyl halides is 3. The van der Waals surface area contributed by atoms with Gasteiger partial charge in [0.15, 0.2) is 5.16 Å². The van der Waals surface area contributed by atoms with Gasteiger partial charge >= 0.3 is 12.1 Å². The molecule has 32 heavy (non-hydrogen) atoms. The first kappa shape index (κ1) is 24.1. The monoisotopic (exact) mass is 487 g/mol. The van der Waals surface area contributed by atoms with Crippen molar-refractivity contribution in [2.24, 2.45) is 0 Å². The summed E-state index contributed by atoms with van der Waals surface area (Å²) < 4.78 is 38.6. The number of aliphatic carboxylic acids is 1. The molecular weight excluding hydrogens is 467 g/mol. The van der Waals surface area contributed by atoms with E-state index in [1.807, 2.05) is 0 Å². The SMILES string of the molecule is CCCCCCC(Sc1nc(Cl)cc(Nc2ccc3nc(C(F)(F)F)[nH]c3c2)n1)C(=O)O. The lowest BCUT2D eigenvalue weighted by Crippen LogP contribution is -2.17. The van der Waals surface area contributed by atoms with Crippen LogP contribution in [0.15, 0.2) is 29.4 Å². The number of nitrogens with zero attached hydrogens (tertiary/aromatic N) is 3. The second kappa shape index (κ2) is 10.4. The predicted molar refractivity (Wildman–Crippen MR) is 117 cm³/mol. The number of carbonyl (C=O) groups is 1. The molecule has 12 heteroatoms. The number of anilines is 2. The van der Waals surface area contributed by atoms with Gasteiger partial charge in [0.2, 0.25) is 5.82 Å². The second-order valence-corrected chi connectivity index (χ2v) is 8.65. The third kappa shape index (κ3) is 6.49. The quantitative estimate of drug-likeness (QED) is 0.134. The first-order valence-electron chi connectivity index (χ1n) is 9.93. The molecule has 0 aliphatic heterocycles. The Bertz CT molecular complexity index is 1090. The fraction of sp³-hybridized carbons (Fsp3) is 0.400. The number of carboxylic acids is 1. The van der Waals surface area contributed by atoms with Gasteiger partial charge in [0.05, 0.1) is 11.0 Å². The highest BCUT2D eigenvalue weighted by Gasteiger charge is 2.34. The lowest BCUT2D eigenvalue weighted by Gasteiger charge is -2.12. The van der Waals surface area contributed by atoms with Crippen LogP contribution in [0.4, 0.5) is 24.7 Å². The Balaban J connectivity index is 1.75. The zero-order valence-electron chi connectivity index (χ0n) is 17.0. The number of benzene rings is 1. The number of hydrogen-bond acceptors (Lipinski definition) is 6. The molecule has 2 heterocycles. The molecule has 0 bridgehead atoms. The number of H-pyrrole nitrogens is 1. The summed E-state index contributed by atoms with van der Waals surface area (Å²) in [5.74, 6) is -1.74. The summed E-state index contributed by atoms with van der Waals surface area (Å²) >= 11 is 7.10. The second-order valence-electron chi connectivity index (χ2n) is 7.09. The summed E-state index contributed by atoms with van der Waals surface area (Å²) in [6.07, 6.45) is -0.250. The molecule has 172 valence electrons. The third-order valence-electron chi connectivity index (χ3n) is 4.54. The van der Waals surface area contributed by atoms with Crippen LogP contribution < -0.4 is 5.32 Å². The molecule has 0 amide bonds. The number of rotatable bonds is 10. The Hall–Kier alpha value is -2.53. The molecular formula is C20H21ClF3N5O2S. The number of aromatic amines is 1. The molecule has 0 fully saturated rings. The topological polar surface area (TPSA) is 104 Å². The van der Waals surface area contributed by atoms with Gasteiger partial charge in [-0.3, -0.25) is 4.79 Å². The smallest absolute Gasteiger partial charge is 0.449 e. The molecule has 0 aliphatic carbocycles. The number of imidazole rings is 1. The Morgan fingerprint density at radius 2 is 2.00 bits per heavy atom. The van der Waals surface area contributed by atoms with Gasteiger partial charge in [-0.2, -0.15) is 13.2 Å². The molecule has 3 aromatic rings. The molecule has 1 unspecified atom stereocenters. The molecule has 3 rings (SSSR count). The van der Waals surface area contributed by atoms with Gasteiger partial charge in [0, 0.05) is 11.8 Å². The zero-order valence-corrected chi connectivity index (χ0v) is 18.6. The average Bonchev–Trinajstić information content (AvgIpc) is 3.14.